The van der Waals surface area contributed by atoms with Crippen molar-refractivity contribution in [2.24, 2.45) is 0 Å². The van der Waals surface area contributed by atoms with Gasteiger partial charge in [0, 0.05) is 13.0 Å². The van der Waals surface area contributed by atoms with Gasteiger partial charge in [0.2, 0.25) is 0 Å². The molecule has 0 spiro atoms. The molecular formula is C23H31NO3. The molecule has 0 heterocycles. The van der Waals surface area contributed by atoms with Crippen molar-refractivity contribution in [3.8, 4) is 5.75 Å². The molecule has 0 saturated heterocycles. The molecule has 0 bridgehead atoms. The van der Waals surface area contributed by atoms with Crippen molar-refractivity contribution in [1.29, 1.82) is 0 Å². The van der Waals surface area contributed by atoms with Crippen molar-refractivity contribution in [3.05, 3.63) is 65.7 Å². The average Bonchev–Trinajstić information content (AvgIpc) is 2.67. The number of likely N-dealkylation sites (N-methyl/N-ethyl adjacent to an activating group) is 1. The third kappa shape index (κ3) is 7.83. The number of carbonyl (C=O) groups excluding carboxylic acids is 1. The van der Waals surface area contributed by atoms with Gasteiger partial charge in [0.25, 0.3) is 0 Å². The zero-order valence-electron chi connectivity index (χ0n) is 16.7. The van der Waals surface area contributed by atoms with Gasteiger partial charge in [-0.2, -0.15) is 0 Å². The fourth-order valence-corrected chi connectivity index (χ4v) is 2.76. The monoisotopic (exact) mass is 369 g/mol. The molecule has 1 atom stereocenters. The number of esters is 1. The Labute approximate surface area is 163 Å². The predicted octanol–water partition coefficient (Wildman–Crippen LogP) is 4.78. The molecule has 0 fully saturated rings. The van der Waals surface area contributed by atoms with Gasteiger partial charge < -0.3 is 9.47 Å². The van der Waals surface area contributed by atoms with Crippen LogP contribution < -0.4 is 4.74 Å². The van der Waals surface area contributed by atoms with E-state index in [1.165, 1.54) is 5.56 Å². The van der Waals surface area contributed by atoms with Crippen LogP contribution in [0.2, 0.25) is 0 Å². The highest BCUT2D eigenvalue weighted by Crippen LogP contribution is 2.25. The zero-order chi connectivity index (χ0) is 19.5. The summed E-state index contributed by atoms with van der Waals surface area (Å²) in [6, 6.07) is 18.3. The quantitative estimate of drug-likeness (QED) is 0.422. The maximum absolute atomic E-state index is 11.9. The van der Waals surface area contributed by atoms with E-state index in [0.29, 0.717) is 13.2 Å². The smallest absolute Gasteiger partial charge is 0.320 e. The molecule has 0 aliphatic heterocycles. The molecular weight excluding hydrogens is 338 g/mol. The first kappa shape index (κ1) is 21.0. The summed E-state index contributed by atoms with van der Waals surface area (Å²) in [4.78, 5) is 13.9. The predicted molar refractivity (Wildman–Crippen MR) is 109 cm³/mol. The molecule has 4 nitrogen and oxygen atoms in total. The van der Waals surface area contributed by atoms with Gasteiger partial charge in [-0.1, -0.05) is 61.4 Å². The lowest BCUT2D eigenvalue weighted by Gasteiger charge is -2.23. The highest BCUT2D eigenvalue weighted by atomic mass is 16.5. The molecule has 0 saturated carbocycles. The molecule has 146 valence electrons. The van der Waals surface area contributed by atoms with E-state index >= 15 is 0 Å². The number of carbonyl (C=O) groups is 1. The molecule has 4 heteroatoms. The van der Waals surface area contributed by atoms with Crippen molar-refractivity contribution >= 4 is 5.97 Å². The first-order valence-corrected chi connectivity index (χ1v) is 9.71. The van der Waals surface area contributed by atoms with Gasteiger partial charge in [0.1, 0.15) is 11.9 Å². The van der Waals surface area contributed by atoms with Crippen molar-refractivity contribution in [3.63, 3.8) is 0 Å². The fraction of sp³-hybridized carbons (Fsp3) is 0.435. The number of rotatable bonds is 11. The molecule has 2 aromatic carbocycles. The zero-order valence-corrected chi connectivity index (χ0v) is 16.7. The summed E-state index contributed by atoms with van der Waals surface area (Å²) in [6.45, 7) is 5.70. The van der Waals surface area contributed by atoms with Crippen LogP contribution in [0, 0.1) is 6.92 Å². The van der Waals surface area contributed by atoms with Crippen LogP contribution in [-0.2, 0) is 9.53 Å². The summed E-state index contributed by atoms with van der Waals surface area (Å²) in [5, 5.41) is 0. The van der Waals surface area contributed by atoms with E-state index in [4.69, 9.17) is 9.47 Å². The van der Waals surface area contributed by atoms with Crippen molar-refractivity contribution < 1.29 is 14.3 Å². The molecule has 0 aromatic heterocycles. The minimum atomic E-state index is -0.165. The van der Waals surface area contributed by atoms with E-state index in [1.807, 2.05) is 42.3 Å². The summed E-state index contributed by atoms with van der Waals surface area (Å²) in [6.07, 6.45) is 2.66. The summed E-state index contributed by atoms with van der Waals surface area (Å²) in [7, 11) is 1.94. The van der Waals surface area contributed by atoms with E-state index in [1.54, 1.807) is 0 Å². The molecule has 27 heavy (non-hydrogen) atoms. The van der Waals surface area contributed by atoms with E-state index < -0.39 is 0 Å². The number of unbranched alkanes of at least 4 members (excludes halogenated alkanes) is 1. The Kier molecular flexibility index (Phi) is 8.85. The molecule has 0 amide bonds. The lowest BCUT2D eigenvalue weighted by molar-refractivity contribution is -0.144. The van der Waals surface area contributed by atoms with Gasteiger partial charge in [0.15, 0.2) is 0 Å². The summed E-state index contributed by atoms with van der Waals surface area (Å²) in [5.74, 6) is 0.692. The molecule has 2 rings (SSSR count). The normalized spacial score (nSPS) is 12.0. The Balaban J connectivity index is 1.92. The van der Waals surface area contributed by atoms with Gasteiger partial charge in [-0.3, -0.25) is 9.69 Å². The second-order valence-electron chi connectivity index (χ2n) is 6.93. The minimum Gasteiger partial charge on any atom is -0.486 e. The molecule has 0 aliphatic carbocycles. The summed E-state index contributed by atoms with van der Waals surface area (Å²) < 4.78 is 11.5. The van der Waals surface area contributed by atoms with Crippen molar-refractivity contribution in [1.82, 2.24) is 4.90 Å². The van der Waals surface area contributed by atoms with Crippen LogP contribution in [0.25, 0.3) is 0 Å². The number of nitrogens with zero attached hydrogens (tertiary/aromatic N) is 1. The second-order valence-corrected chi connectivity index (χ2v) is 6.93. The van der Waals surface area contributed by atoms with Crippen LogP contribution in [0.3, 0.4) is 0 Å². The van der Waals surface area contributed by atoms with Crippen LogP contribution in [0.5, 0.6) is 5.75 Å². The van der Waals surface area contributed by atoms with Gasteiger partial charge in [0.05, 0.1) is 13.2 Å². The number of hydrogen-bond donors (Lipinski definition) is 0. The molecule has 1 unspecified atom stereocenters. The number of benzene rings is 2. The number of hydrogen-bond acceptors (Lipinski definition) is 4. The van der Waals surface area contributed by atoms with Gasteiger partial charge in [-0.05, 0) is 38.1 Å². The van der Waals surface area contributed by atoms with Crippen molar-refractivity contribution in [2.75, 3.05) is 26.7 Å². The highest BCUT2D eigenvalue weighted by Gasteiger charge is 2.16. The Morgan fingerprint density at radius 1 is 1.07 bits per heavy atom. The Morgan fingerprint density at radius 3 is 2.44 bits per heavy atom. The largest absolute Gasteiger partial charge is 0.486 e. The van der Waals surface area contributed by atoms with Crippen molar-refractivity contribution in [2.45, 2.75) is 39.2 Å². The first-order chi connectivity index (χ1) is 13.1. The molecule has 0 aliphatic rings. The topological polar surface area (TPSA) is 38.8 Å². The van der Waals surface area contributed by atoms with Crippen LogP contribution >= 0.6 is 0 Å². The lowest BCUT2D eigenvalue weighted by atomic mass is 10.1. The van der Waals surface area contributed by atoms with E-state index in [0.717, 1.165) is 37.1 Å². The SMILES string of the molecule is CCCCOC(=O)CN(C)CCC(Oc1ccc(C)cc1)c1ccccc1. The molecule has 0 radical (unpaired) electrons. The third-order valence-electron chi connectivity index (χ3n) is 4.40. The molecule has 2 aromatic rings. The van der Waals surface area contributed by atoms with E-state index in [9.17, 15) is 4.79 Å². The fourth-order valence-electron chi connectivity index (χ4n) is 2.76. The minimum absolute atomic E-state index is 0.0625. The number of aryl methyl sites for hydroxylation is 1. The lowest BCUT2D eigenvalue weighted by Crippen LogP contribution is -2.30. The van der Waals surface area contributed by atoms with E-state index in [2.05, 4.69) is 38.1 Å². The Morgan fingerprint density at radius 2 is 1.78 bits per heavy atom. The summed E-state index contributed by atoms with van der Waals surface area (Å²) in [5.41, 5.74) is 2.34. The van der Waals surface area contributed by atoms with Crippen LogP contribution in [0.1, 0.15) is 43.4 Å². The Bertz CT molecular complexity index is 670. The van der Waals surface area contributed by atoms with Gasteiger partial charge in [-0.25, -0.2) is 0 Å². The summed E-state index contributed by atoms with van der Waals surface area (Å²) >= 11 is 0. The second kappa shape index (κ2) is 11.4. The maximum atomic E-state index is 11.9. The van der Waals surface area contributed by atoms with Crippen LogP contribution in [-0.4, -0.2) is 37.6 Å². The van der Waals surface area contributed by atoms with E-state index in [-0.39, 0.29) is 12.1 Å². The third-order valence-corrected chi connectivity index (χ3v) is 4.40. The Hall–Kier alpha value is -2.33. The standard InChI is InChI=1S/C23H31NO3/c1-4-5-17-26-23(25)18-24(3)16-15-22(20-9-7-6-8-10-20)27-21-13-11-19(2)12-14-21/h6-14,22H,4-5,15-18H2,1-3H3. The maximum Gasteiger partial charge on any atom is 0.320 e. The number of ether oxygens (including phenoxy) is 2. The molecule has 0 N–H and O–H groups in total. The van der Waals surface area contributed by atoms with Crippen LogP contribution in [0.4, 0.5) is 0 Å². The first-order valence-electron chi connectivity index (χ1n) is 9.71. The average molecular weight is 370 g/mol. The highest BCUT2D eigenvalue weighted by molar-refractivity contribution is 5.71. The van der Waals surface area contributed by atoms with Crippen LogP contribution in [0.15, 0.2) is 54.6 Å². The van der Waals surface area contributed by atoms with Gasteiger partial charge >= 0.3 is 5.97 Å². The van der Waals surface area contributed by atoms with Gasteiger partial charge in [-0.15, -0.1) is 0 Å².